The molecule has 0 saturated heterocycles. The molecule has 41 heavy (non-hydrogen) atoms. The van der Waals surface area contributed by atoms with E-state index < -0.39 is 30.0 Å². The molecule has 3 aromatic carbocycles. The number of fused-ring (bicyclic) bond motifs is 1. The zero-order valence-corrected chi connectivity index (χ0v) is 22.7. The third-order valence-corrected chi connectivity index (χ3v) is 6.99. The Morgan fingerprint density at radius 2 is 1.71 bits per heavy atom. The number of hydrogen-bond donors (Lipinski definition) is 3. The molecule has 11 heteroatoms. The van der Waals surface area contributed by atoms with E-state index >= 15 is 0 Å². The molecular weight excluding hydrogens is 564 g/mol. The lowest BCUT2D eigenvalue weighted by Gasteiger charge is -2.29. The van der Waals surface area contributed by atoms with Crippen molar-refractivity contribution < 1.29 is 37.0 Å². The number of carbonyl (C=O) groups is 2. The van der Waals surface area contributed by atoms with E-state index in [0.717, 1.165) is 12.0 Å². The molecule has 0 fully saturated rings. The van der Waals surface area contributed by atoms with E-state index in [2.05, 4.69) is 15.0 Å². The van der Waals surface area contributed by atoms with Gasteiger partial charge in [0.1, 0.15) is 11.6 Å². The first-order chi connectivity index (χ1) is 19.5. The second-order valence-corrected chi connectivity index (χ2v) is 10.0. The summed E-state index contributed by atoms with van der Waals surface area (Å²) in [4.78, 5) is 26.2. The average molecular weight is 591 g/mol. The summed E-state index contributed by atoms with van der Waals surface area (Å²) in [5.41, 5.74) is 2.84. The fourth-order valence-electron chi connectivity index (χ4n) is 5.04. The van der Waals surface area contributed by atoms with Gasteiger partial charge in [0.05, 0.1) is 11.9 Å². The van der Waals surface area contributed by atoms with Gasteiger partial charge < -0.3 is 20.1 Å². The maximum absolute atomic E-state index is 14.8. The Kier molecular flexibility index (Phi) is 9.22. The Labute approximate surface area is 238 Å². The number of carboxylic acid groups (broad SMARTS) is 1. The van der Waals surface area contributed by atoms with Gasteiger partial charge in [0, 0.05) is 34.6 Å². The Hall–Kier alpha value is -4.05. The maximum atomic E-state index is 14.8. The number of H-pyrrole nitrogens is 1. The third kappa shape index (κ3) is 7.38. The van der Waals surface area contributed by atoms with Gasteiger partial charge in [-0.1, -0.05) is 49.2 Å². The number of hydrogen-bond acceptors (Lipinski definition) is 3. The van der Waals surface area contributed by atoms with Gasteiger partial charge in [0.15, 0.2) is 0 Å². The highest BCUT2D eigenvalue weighted by Crippen LogP contribution is 2.45. The Bertz CT molecular complexity index is 1520. The van der Waals surface area contributed by atoms with Gasteiger partial charge in [0.2, 0.25) is 0 Å². The van der Waals surface area contributed by atoms with Crippen LogP contribution in [0.2, 0.25) is 5.02 Å². The summed E-state index contributed by atoms with van der Waals surface area (Å²) in [6, 6.07) is 15.3. The van der Waals surface area contributed by atoms with Gasteiger partial charge in [-0.05, 0) is 65.4 Å². The molecule has 3 N–H and O–H groups in total. The maximum Gasteiger partial charge on any atom is 0.573 e. The van der Waals surface area contributed by atoms with E-state index in [1.807, 2.05) is 6.92 Å². The van der Waals surface area contributed by atoms with Crippen molar-refractivity contribution in [3.05, 3.63) is 100.0 Å². The molecule has 1 heterocycles. The summed E-state index contributed by atoms with van der Waals surface area (Å²) >= 11 is 6.20. The van der Waals surface area contributed by atoms with Crippen LogP contribution in [0.5, 0.6) is 5.75 Å². The molecule has 4 rings (SSSR count). The lowest BCUT2D eigenvalue weighted by Crippen LogP contribution is -2.26. The van der Waals surface area contributed by atoms with Crippen molar-refractivity contribution in [2.24, 2.45) is 0 Å². The van der Waals surface area contributed by atoms with Crippen LogP contribution in [0.1, 0.15) is 65.1 Å². The molecule has 6 nitrogen and oxygen atoms in total. The van der Waals surface area contributed by atoms with Crippen LogP contribution in [0, 0.1) is 5.82 Å². The number of aliphatic carboxylic acids is 1. The number of halogens is 5. The first kappa shape index (κ1) is 29.9. The molecule has 1 amide bonds. The second-order valence-electron chi connectivity index (χ2n) is 9.57. The molecule has 2 atom stereocenters. The Morgan fingerprint density at radius 3 is 2.32 bits per heavy atom. The van der Waals surface area contributed by atoms with Gasteiger partial charge in [-0.3, -0.25) is 9.59 Å². The molecule has 4 aromatic rings. The average Bonchev–Trinajstić information content (AvgIpc) is 3.32. The molecule has 0 bridgehead atoms. The number of carboxylic acids is 1. The van der Waals surface area contributed by atoms with Crippen LogP contribution in [0.15, 0.2) is 66.9 Å². The SMILES string of the molecule is CCCC(c1ccc(C(=O)NCCC(=O)O)cc1)C(c1ccc(OC(F)(F)F)cc1)c1c[nH]c2c(F)cc(Cl)cc12. The number of nitrogens with one attached hydrogen (secondary N) is 2. The molecular formula is C30H27ClF4N2O4. The molecule has 0 aliphatic heterocycles. The summed E-state index contributed by atoms with van der Waals surface area (Å²) in [5, 5.41) is 12.1. The van der Waals surface area contributed by atoms with E-state index in [-0.39, 0.29) is 35.2 Å². The predicted octanol–water partition coefficient (Wildman–Crippen LogP) is 7.78. The fraction of sp³-hybridized carbons (Fsp3) is 0.267. The van der Waals surface area contributed by atoms with Gasteiger partial charge in [-0.25, -0.2) is 4.39 Å². The highest BCUT2D eigenvalue weighted by atomic mass is 35.5. The highest BCUT2D eigenvalue weighted by Gasteiger charge is 2.32. The van der Waals surface area contributed by atoms with Crippen molar-refractivity contribution >= 4 is 34.4 Å². The van der Waals surface area contributed by atoms with E-state index in [0.29, 0.717) is 28.5 Å². The standard InChI is InChI=1S/C30H27ClF4N2O4/c1-2-3-22(17-4-6-19(7-5-17)29(40)36-13-12-26(38)39)27(18-8-10-21(11-9-18)41-30(33,34)35)24-16-37-28-23(24)14-20(31)15-25(28)32/h4-11,14-16,22,27,37H,2-3,12-13H2,1H3,(H,36,40)(H,38,39). The molecule has 2 unspecified atom stereocenters. The number of carbonyl (C=O) groups excluding carboxylic acids is 1. The fourth-order valence-corrected chi connectivity index (χ4v) is 5.25. The number of aromatic amines is 1. The number of rotatable bonds is 11. The van der Waals surface area contributed by atoms with Crippen molar-refractivity contribution in [1.82, 2.24) is 10.3 Å². The minimum Gasteiger partial charge on any atom is -0.481 e. The summed E-state index contributed by atoms with van der Waals surface area (Å²) in [6.07, 6.45) is -1.94. The lowest BCUT2D eigenvalue weighted by atomic mass is 9.75. The molecule has 0 aliphatic carbocycles. The number of amides is 1. The topological polar surface area (TPSA) is 91.4 Å². The highest BCUT2D eigenvalue weighted by molar-refractivity contribution is 6.31. The van der Waals surface area contributed by atoms with E-state index in [4.69, 9.17) is 16.7 Å². The molecule has 1 aromatic heterocycles. The van der Waals surface area contributed by atoms with Gasteiger partial charge >= 0.3 is 12.3 Å². The molecule has 0 aliphatic rings. The third-order valence-electron chi connectivity index (χ3n) is 6.77. The van der Waals surface area contributed by atoms with Crippen molar-refractivity contribution in [2.75, 3.05) is 6.54 Å². The summed E-state index contributed by atoms with van der Waals surface area (Å²) in [7, 11) is 0. The number of benzene rings is 3. The first-order valence-corrected chi connectivity index (χ1v) is 13.3. The number of ether oxygens (including phenoxy) is 1. The van der Waals surface area contributed by atoms with Crippen LogP contribution in [0.4, 0.5) is 17.6 Å². The largest absolute Gasteiger partial charge is 0.573 e. The summed E-state index contributed by atoms with van der Waals surface area (Å²) in [6.45, 7) is 1.99. The van der Waals surface area contributed by atoms with Crippen LogP contribution < -0.4 is 10.1 Å². The second kappa shape index (κ2) is 12.6. The van der Waals surface area contributed by atoms with E-state index in [9.17, 15) is 27.2 Å². The zero-order valence-electron chi connectivity index (χ0n) is 21.9. The smallest absolute Gasteiger partial charge is 0.481 e. The van der Waals surface area contributed by atoms with E-state index in [1.54, 1.807) is 48.7 Å². The van der Waals surface area contributed by atoms with Crippen molar-refractivity contribution in [3.8, 4) is 5.75 Å². The van der Waals surface area contributed by atoms with Crippen LogP contribution in [-0.2, 0) is 4.79 Å². The molecule has 0 saturated carbocycles. The normalized spacial score (nSPS) is 13.1. The number of alkyl halides is 3. The Balaban J connectivity index is 1.76. The van der Waals surface area contributed by atoms with E-state index in [1.165, 1.54) is 18.2 Å². The van der Waals surface area contributed by atoms with Crippen molar-refractivity contribution in [1.29, 1.82) is 0 Å². The molecule has 216 valence electrons. The van der Waals surface area contributed by atoms with Gasteiger partial charge in [-0.2, -0.15) is 0 Å². The molecule has 0 spiro atoms. The summed E-state index contributed by atoms with van der Waals surface area (Å²) < 4.78 is 57.2. The van der Waals surface area contributed by atoms with Crippen LogP contribution in [0.3, 0.4) is 0 Å². The number of aromatic nitrogens is 1. The minimum atomic E-state index is -4.83. The zero-order chi connectivity index (χ0) is 29.7. The summed E-state index contributed by atoms with van der Waals surface area (Å²) in [5.74, 6) is -2.99. The quantitative estimate of drug-likeness (QED) is 0.156. The monoisotopic (exact) mass is 590 g/mol. The molecule has 0 radical (unpaired) electrons. The van der Waals surface area contributed by atoms with Crippen LogP contribution in [0.25, 0.3) is 10.9 Å². The predicted molar refractivity (Wildman–Crippen MR) is 147 cm³/mol. The van der Waals surface area contributed by atoms with Gasteiger partial charge in [0.25, 0.3) is 5.91 Å². The lowest BCUT2D eigenvalue weighted by molar-refractivity contribution is -0.274. The van der Waals surface area contributed by atoms with Gasteiger partial charge in [-0.15, -0.1) is 13.2 Å². The first-order valence-electron chi connectivity index (χ1n) is 12.9. The van der Waals surface area contributed by atoms with Crippen LogP contribution >= 0.6 is 11.6 Å². The van der Waals surface area contributed by atoms with Crippen molar-refractivity contribution in [2.45, 2.75) is 44.4 Å². The van der Waals surface area contributed by atoms with Crippen LogP contribution in [-0.4, -0.2) is 34.9 Å². The minimum absolute atomic E-state index is 0.00974. The Morgan fingerprint density at radius 1 is 1.05 bits per heavy atom. The van der Waals surface area contributed by atoms with Crippen molar-refractivity contribution in [3.63, 3.8) is 0 Å².